The highest BCUT2D eigenvalue weighted by Gasteiger charge is 2.38. The third-order valence-corrected chi connectivity index (χ3v) is 4.77. The lowest BCUT2D eigenvalue weighted by Gasteiger charge is -2.50. The lowest BCUT2D eigenvalue weighted by atomic mass is 9.92. The summed E-state index contributed by atoms with van der Waals surface area (Å²) in [5.74, 6) is -1.41. The molecule has 3 nitrogen and oxygen atoms in total. The zero-order valence-electron chi connectivity index (χ0n) is 12.7. The van der Waals surface area contributed by atoms with E-state index in [1.807, 2.05) is 6.92 Å². The first-order chi connectivity index (χ1) is 10.1. The van der Waals surface area contributed by atoms with Crippen LogP contribution in [0.2, 0.25) is 0 Å². The Morgan fingerprint density at radius 2 is 1.90 bits per heavy atom. The molecule has 21 heavy (non-hydrogen) atoms. The van der Waals surface area contributed by atoms with Crippen LogP contribution in [0.1, 0.15) is 24.1 Å². The highest BCUT2D eigenvalue weighted by molar-refractivity contribution is 5.29. The largest absolute Gasteiger partial charge is 0.309 e. The number of aryl methyl sites for hydroxylation is 1. The molecule has 1 aromatic carbocycles. The molecule has 3 heterocycles. The average Bonchev–Trinajstić information content (AvgIpc) is 2.52. The molecule has 0 radical (unpaired) electrons. The molecule has 4 rings (SSSR count). The molecular weight excluding hydrogens is 272 g/mol. The number of hydrogen-bond donors (Lipinski definition) is 1. The van der Waals surface area contributed by atoms with Crippen LogP contribution in [0.5, 0.6) is 0 Å². The SMILES string of the molecule is CCNC(c1ccc(C)c(F)c1F)C1CN2CCN1CC2. The predicted octanol–water partition coefficient (Wildman–Crippen LogP) is 1.92. The van der Waals surface area contributed by atoms with E-state index in [1.54, 1.807) is 19.1 Å². The highest BCUT2D eigenvalue weighted by atomic mass is 19.2. The Balaban J connectivity index is 1.93. The molecule has 2 bridgehead atoms. The van der Waals surface area contributed by atoms with E-state index in [0.29, 0.717) is 11.1 Å². The number of benzene rings is 1. The van der Waals surface area contributed by atoms with Gasteiger partial charge in [0.1, 0.15) is 0 Å². The van der Waals surface area contributed by atoms with Crippen LogP contribution in [0.15, 0.2) is 12.1 Å². The van der Waals surface area contributed by atoms with Gasteiger partial charge in [0.05, 0.1) is 6.04 Å². The van der Waals surface area contributed by atoms with Gasteiger partial charge < -0.3 is 5.32 Å². The van der Waals surface area contributed by atoms with Crippen molar-refractivity contribution in [3.63, 3.8) is 0 Å². The summed E-state index contributed by atoms with van der Waals surface area (Å²) in [6, 6.07) is 3.46. The van der Waals surface area contributed by atoms with Crippen LogP contribution in [0.25, 0.3) is 0 Å². The first kappa shape index (κ1) is 14.9. The van der Waals surface area contributed by atoms with Gasteiger partial charge >= 0.3 is 0 Å². The molecule has 1 aromatic rings. The minimum absolute atomic E-state index is 0.159. The highest BCUT2D eigenvalue weighted by Crippen LogP contribution is 2.30. The Morgan fingerprint density at radius 3 is 2.48 bits per heavy atom. The second-order valence-electron chi connectivity index (χ2n) is 6.04. The summed E-state index contributed by atoms with van der Waals surface area (Å²) >= 11 is 0. The van der Waals surface area contributed by atoms with Crippen molar-refractivity contribution in [1.29, 1.82) is 0 Å². The van der Waals surface area contributed by atoms with Crippen LogP contribution in [0, 0.1) is 18.6 Å². The van der Waals surface area contributed by atoms with E-state index >= 15 is 0 Å². The van der Waals surface area contributed by atoms with E-state index in [-0.39, 0.29) is 12.1 Å². The third kappa shape index (κ3) is 2.70. The van der Waals surface area contributed by atoms with Crippen molar-refractivity contribution in [2.24, 2.45) is 0 Å². The van der Waals surface area contributed by atoms with E-state index in [2.05, 4.69) is 15.1 Å². The van der Waals surface area contributed by atoms with Gasteiger partial charge in [-0.25, -0.2) is 8.78 Å². The normalized spacial score (nSPS) is 29.6. The van der Waals surface area contributed by atoms with Gasteiger partial charge in [0.2, 0.25) is 0 Å². The number of nitrogens with zero attached hydrogens (tertiary/aromatic N) is 2. The Kier molecular flexibility index (Phi) is 4.24. The molecule has 3 aliphatic heterocycles. The Labute approximate surface area is 124 Å². The van der Waals surface area contributed by atoms with Crippen molar-refractivity contribution in [3.8, 4) is 0 Å². The van der Waals surface area contributed by atoms with Gasteiger partial charge in [-0.05, 0) is 19.0 Å². The van der Waals surface area contributed by atoms with E-state index in [4.69, 9.17) is 0 Å². The Morgan fingerprint density at radius 1 is 1.19 bits per heavy atom. The van der Waals surface area contributed by atoms with Gasteiger partial charge in [-0.2, -0.15) is 0 Å². The molecule has 3 aliphatic rings. The second-order valence-corrected chi connectivity index (χ2v) is 6.04. The zero-order valence-corrected chi connectivity index (χ0v) is 12.7. The number of hydrogen-bond acceptors (Lipinski definition) is 3. The summed E-state index contributed by atoms with van der Waals surface area (Å²) in [4.78, 5) is 4.82. The van der Waals surface area contributed by atoms with Gasteiger partial charge in [0, 0.05) is 44.3 Å². The van der Waals surface area contributed by atoms with Crippen molar-refractivity contribution < 1.29 is 8.78 Å². The van der Waals surface area contributed by atoms with Crippen LogP contribution in [0.3, 0.4) is 0 Å². The molecule has 0 aromatic heterocycles. The lowest BCUT2D eigenvalue weighted by molar-refractivity contribution is -0.00402. The monoisotopic (exact) mass is 295 g/mol. The fourth-order valence-corrected chi connectivity index (χ4v) is 3.55. The maximum atomic E-state index is 14.4. The molecule has 2 atom stereocenters. The van der Waals surface area contributed by atoms with E-state index in [1.165, 1.54) is 0 Å². The van der Waals surface area contributed by atoms with Crippen LogP contribution < -0.4 is 5.32 Å². The summed E-state index contributed by atoms with van der Waals surface area (Å²) in [6.07, 6.45) is 0. The van der Waals surface area contributed by atoms with Crippen molar-refractivity contribution >= 4 is 0 Å². The molecule has 3 fully saturated rings. The van der Waals surface area contributed by atoms with Crippen molar-refractivity contribution in [1.82, 2.24) is 15.1 Å². The van der Waals surface area contributed by atoms with Crippen LogP contribution in [-0.2, 0) is 0 Å². The minimum Gasteiger partial charge on any atom is -0.309 e. The summed E-state index contributed by atoms with van der Waals surface area (Å²) in [5.41, 5.74) is 0.819. The summed E-state index contributed by atoms with van der Waals surface area (Å²) in [5, 5.41) is 3.37. The number of halogens is 2. The molecule has 5 heteroatoms. The maximum Gasteiger partial charge on any atom is 0.163 e. The minimum atomic E-state index is -0.716. The molecule has 0 saturated carbocycles. The third-order valence-electron chi connectivity index (χ3n) is 4.77. The van der Waals surface area contributed by atoms with E-state index in [0.717, 1.165) is 39.3 Å². The Bertz CT molecular complexity index is 512. The molecule has 0 aliphatic carbocycles. The first-order valence-corrected chi connectivity index (χ1v) is 7.76. The van der Waals surface area contributed by atoms with Crippen LogP contribution in [-0.4, -0.2) is 55.1 Å². The van der Waals surface area contributed by atoms with Crippen molar-refractivity contribution in [2.45, 2.75) is 25.9 Å². The molecular formula is C16H23F2N3. The van der Waals surface area contributed by atoms with E-state index < -0.39 is 11.6 Å². The van der Waals surface area contributed by atoms with Crippen LogP contribution in [0.4, 0.5) is 8.78 Å². The molecule has 0 spiro atoms. The number of piperazine rings is 3. The Hall–Kier alpha value is -1.04. The van der Waals surface area contributed by atoms with Gasteiger partial charge in [-0.15, -0.1) is 0 Å². The van der Waals surface area contributed by atoms with E-state index in [9.17, 15) is 8.78 Å². The fraction of sp³-hybridized carbons (Fsp3) is 0.625. The smallest absolute Gasteiger partial charge is 0.163 e. The fourth-order valence-electron chi connectivity index (χ4n) is 3.55. The second kappa shape index (κ2) is 5.99. The predicted molar refractivity (Wildman–Crippen MR) is 79.3 cm³/mol. The van der Waals surface area contributed by atoms with Crippen molar-refractivity contribution in [3.05, 3.63) is 34.9 Å². The number of nitrogens with one attached hydrogen (secondary N) is 1. The zero-order chi connectivity index (χ0) is 15.0. The quantitative estimate of drug-likeness (QED) is 0.915. The van der Waals surface area contributed by atoms with Gasteiger partial charge in [-0.1, -0.05) is 19.1 Å². The summed E-state index contributed by atoms with van der Waals surface area (Å²) in [7, 11) is 0. The topological polar surface area (TPSA) is 18.5 Å². The molecule has 2 unspecified atom stereocenters. The van der Waals surface area contributed by atoms with Crippen molar-refractivity contribution in [2.75, 3.05) is 39.3 Å². The molecule has 1 N–H and O–H groups in total. The van der Waals surface area contributed by atoms with Gasteiger partial charge in [0.15, 0.2) is 11.6 Å². The number of fused-ring (bicyclic) bond motifs is 3. The molecule has 3 saturated heterocycles. The standard InChI is InChI=1S/C16H23F2N3/c1-3-19-16(12-5-4-11(2)14(17)15(12)18)13-10-20-6-8-21(13)9-7-20/h4-5,13,16,19H,3,6-10H2,1-2H3. The van der Waals surface area contributed by atoms with Crippen LogP contribution >= 0.6 is 0 Å². The molecule has 0 amide bonds. The average molecular weight is 295 g/mol. The lowest BCUT2D eigenvalue weighted by Crippen LogP contribution is -2.64. The number of likely N-dealkylation sites (N-methyl/N-ethyl adjacent to an activating group) is 1. The summed E-state index contributed by atoms with van der Waals surface area (Å²) < 4.78 is 28.3. The van der Waals surface area contributed by atoms with Gasteiger partial charge in [0.25, 0.3) is 0 Å². The summed E-state index contributed by atoms with van der Waals surface area (Å²) in [6.45, 7) is 9.47. The molecule has 116 valence electrons. The number of rotatable bonds is 4. The maximum absolute atomic E-state index is 14.4. The van der Waals surface area contributed by atoms with Gasteiger partial charge in [-0.3, -0.25) is 9.80 Å². The first-order valence-electron chi connectivity index (χ1n) is 7.76.